The highest BCUT2D eigenvalue weighted by Crippen LogP contribution is 2.22. The van der Waals surface area contributed by atoms with Crippen LogP contribution in [0.25, 0.3) is 0 Å². The highest BCUT2D eigenvalue weighted by atomic mass is 16.5. The number of rotatable bonds is 3. The van der Waals surface area contributed by atoms with Gasteiger partial charge in [-0.15, -0.1) is 0 Å². The zero-order valence-corrected chi connectivity index (χ0v) is 11.4. The largest absolute Gasteiger partial charge is 0.465 e. The number of anilines is 1. The molecule has 0 spiro atoms. The molecule has 1 heterocycles. The minimum Gasteiger partial charge on any atom is -0.465 e. The quantitative estimate of drug-likeness (QED) is 0.825. The number of carbonyl (C=O) groups is 3. The van der Waals surface area contributed by atoms with Crippen LogP contribution in [0.4, 0.5) is 5.69 Å². The van der Waals surface area contributed by atoms with Gasteiger partial charge in [0.15, 0.2) is 0 Å². The van der Waals surface area contributed by atoms with E-state index in [1.807, 2.05) is 0 Å². The van der Waals surface area contributed by atoms with Gasteiger partial charge in [0.1, 0.15) is 6.04 Å². The Labute approximate surface area is 116 Å². The van der Waals surface area contributed by atoms with E-state index in [0.29, 0.717) is 24.1 Å². The molecule has 1 aliphatic rings. The third-order valence-electron chi connectivity index (χ3n) is 3.29. The third-order valence-corrected chi connectivity index (χ3v) is 3.29. The van der Waals surface area contributed by atoms with Crippen LogP contribution in [0.15, 0.2) is 24.3 Å². The number of hydrogen-bond acceptors (Lipinski definition) is 4. The first-order valence-electron chi connectivity index (χ1n) is 6.29. The van der Waals surface area contributed by atoms with Crippen molar-refractivity contribution in [2.24, 2.45) is 0 Å². The van der Waals surface area contributed by atoms with Crippen molar-refractivity contribution in [3.63, 3.8) is 0 Å². The zero-order chi connectivity index (χ0) is 14.7. The number of benzene rings is 1. The maximum absolute atomic E-state index is 12.3. The predicted molar refractivity (Wildman–Crippen MR) is 72.4 cm³/mol. The molecule has 106 valence electrons. The van der Waals surface area contributed by atoms with E-state index < -0.39 is 12.0 Å². The maximum atomic E-state index is 12.3. The molecule has 1 atom stereocenters. The van der Waals surface area contributed by atoms with Crippen molar-refractivity contribution >= 4 is 23.5 Å². The van der Waals surface area contributed by atoms with Gasteiger partial charge >= 0.3 is 5.97 Å². The van der Waals surface area contributed by atoms with Crippen molar-refractivity contribution in [1.29, 1.82) is 0 Å². The number of ether oxygens (including phenoxy) is 1. The van der Waals surface area contributed by atoms with Gasteiger partial charge in [0.25, 0.3) is 0 Å². The van der Waals surface area contributed by atoms with Crippen molar-refractivity contribution in [3.05, 3.63) is 29.8 Å². The highest BCUT2D eigenvalue weighted by Gasteiger charge is 2.31. The van der Waals surface area contributed by atoms with Crippen LogP contribution in [0.3, 0.4) is 0 Å². The number of esters is 1. The Bertz CT molecular complexity index is 556. The molecule has 0 aromatic heterocycles. The minimum atomic E-state index is -0.529. The van der Waals surface area contributed by atoms with Gasteiger partial charge in [0.2, 0.25) is 11.8 Å². The lowest BCUT2D eigenvalue weighted by Crippen LogP contribution is -2.43. The summed E-state index contributed by atoms with van der Waals surface area (Å²) >= 11 is 0. The number of methoxy groups -OCH3 is 1. The van der Waals surface area contributed by atoms with Crippen molar-refractivity contribution < 1.29 is 19.1 Å². The van der Waals surface area contributed by atoms with E-state index in [9.17, 15) is 14.4 Å². The van der Waals surface area contributed by atoms with Gasteiger partial charge in [-0.05, 0) is 18.6 Å². The fraction of sp³-hybridized carbons (Fsp3) is 0.357. The van der Waals surface area contributed by atoms with E-state index in [0.717, 1.165) is 0 Å². The highest BCUT2D eigenvalue weighted by molar-refractivity contribution is 6.05. The van der Waals surface area contributed by atoms with E-state index in [-0.39, 0.29) is 11.8 Å². The predicted octanol–water partition coefficient (Wildman–Crippen LogP) is 0.715. The average molecular weight is 276 g/mol. The van der Waals surface area contributed by atoms with Crippen LogP contribution < -0.4 is 10.2 Å². The molecule has 1 aliphatic heterocycles. The van der Waals surface area contributed by atoms with Crippen molar-refractivity contribution in [2.75, 3.05) is 19.1 Å². The molecule has 1 aromatic carbocycles. The smallest absolute Gasteiger partial charge is 0.339 e. The molecule has 1 saturated heterocycles. The third kappa shape index (κ3) is 2.64. The van der Waals surface area contributed by atoms with Gasteiger partial charge in [0, 0.05) is 13.5 Å². The molecule has 0 bridgehead atoms. The van der Waals surface area contributed by atoms with E-state index >= 15 is 0 Å². The SMILES string of the molecule is COC(=O)c1ccccc1N(C)C(=O)[C@@H]1CCC(=O)N1. The summed E-state index contributed by atoms with van der Waals surface area (Å²) in [6, 6.07) is 6.17. The Hall–Kier alpha value is -2.37. The lowest BCUT2D eigenvalue weighted by molar-refractivity contribution is -0.123. The molecular weight excluding hydrogens is 260 g/mol. The molecule has 0 radical (unpaired) electrons. The van der Waals surface area contributed by atoms with Crippen LogP contribution >= 0.6 is 0 Å². The fourth-order valence-corrected chi connectivity index (χ4v) is 2.20. The average Bonchev–Trinajstić information content (AvgIpc) is 2.91. The molecule has 2 amide bonds. The minimum absolute atomic E-state index is 0.127. The summed E-state index contributed by atoms with van der Waals surface area (Å²) in [6.07, 6.45) is 0.825. The Morgan fingerprint density at radius 2 is 2.05 bits per heavy atom. The summed E-state index contributed by atoms with van der Waals surface area (Å²) < 4.78 is 4.70. The number of likely N-dealkylation sites (N-methyl/N-ethyl adjacent to an activating group) is 1. The Balaban J connectivity index is 2.24. The van der Waals surface area contributed by atoms with E-state index in [4.69, 9.17) is 4.74 Å². The van der Waals surface area contributed by atoms with Crippen LogP contribution in [-0.2, 0) is 14.3 Å². The van der Waals surface area contributed by atoms with Gasteiger partial charge in [-0.25, -0.2) is 4.79 Å². The molecular formula is C14H16N2O4. The van der Waals surface area contributed by atoms with E-state index in [1.165, 1.54) is 12.0 Å². The van der Waals surface area contributed by atoms with Crippen molar-refractivity contribution in [1.82, 2.24) is 5.32 Å². The van der Waals surface area contributed by atoms with E-state index in [1.54, 1.807) is 31.3 Å². The molecule has 0 unspecified atom stereocenters. The normalized spacial score (nSPS) is 17.5. The van der Waals surface area contributed by atoms with Crippen molar-refractivity contribution in [2.45, 2.75) is 18.9 Å². The van der Waals surface area contributed by atoms with Crippen LogP contribution in [0, 0.1) is 0 Å². The van der Waals surface area contributed by atoms with Gasteiger partial charge in [-0.2, -0.15) is 0 Å². The Morgan fingerprint density at radius 1 is 1.35 bits per heavy atom. The number of amides is 2. The van der Waals surface area contributed by atoms with Crippen LogP contribution in [-0.4, -0.2) is 38.0 Å². The van der Waals surface area contributed by atoms with Crippen LogP contribution in [0.5, 0.6) is 0 Å². The second-order valence-electron chi connectivity index (χ2n) is 4.56. The van der Waals surface area contributed by atoms with Crippen molar-refractivity contribution in [3.8, 4) is 0 Å². The summed E-state index contributed by atoms with van der Waals surface area (Å²) in [5, 5.41) is 2.62. The summed E-state index contributed by atoms with van der Waals surface area (Å²) in [5.41, 5.74) is 0.778. The molecule has 20 heavy (non-hydrogen) atoms. The number of carbonyl (C=O) groups excluding carboxylic acids is 3. The number of nitrogens with zero attached hydrogens (tertiary/aromatic N) is 1. The first-order chi connectivity index (χ1) is 9.54. The number of nitrogens with one attached hydrogen (secondary N) is 1. The van der Waals surface area contributed by atoms with Crippen LogP contribution in [0.2, 0.25) is 0 Å². The lowest BCUT2D eigenvalue weighted by Gasteiger charge is -2.22. The topological polar surface area (TPSA) is 75.7 Å². The van der Waals surface area contributed by atoms with Gasteiger partial charge in [-0.3, -0.25) is 9.59 Å². The summed E-state index contributed by atoms with van der Waals surface area (Å²) in [4.78, 5) is 36.6. The fourth-order valence-electron chi connectivity index (χ4n) is 2.20. The summed E-state index contributed by atoms with van der Waals surface area (Å²) in [5.74, 6) is -0.874. The second kappa shape index (κ2) is 5.73. The molecule has 0 saturated carbocycles. The number of hydrogen-bond donors (Lipinski definition) is 1. The summed E-state index contributed by atoms with van der Waals surface area (Å²) in [7, 11) is 2.87. The van der Waals surface area contributed by atoms with E-state index in [2.05, 4.69) is 5.32 Å². The standard InChI is InChI=1S/C14H16N2O4/c1-16(13(18)10-7-8-12(17)15-10)11-6-4-3-5-9(11)14(19)20-2/h3-6,10H,7-8H2,1-2H3,(H,15,17)/t10-/m0/s1. The maximum Gasteiger partial charge on any atom is 0.339 e. The Kier molecular flexibility index (Phi) is 4.02. The Morgan fingerprint density at radius 3 is 2.65 bits per heavy atom. The molecule has 1 fully saturated rings. The first-order valence-corrected chi connectivity index (χ1v) is 6.29. The number of para-hydroxylation sites is 1. The van der Waals surface area contributed by atoms with Crippen LogP contribution in [0.1, 0.15) is 23.2 Å². The molecule has 1 N–H and O–H groups in total. The molecule has 6 nitrogen and oxygen atoms in total. The van der Waals surface area contributed by atoms with Gasteiger partial charge in [0.05, 0.1) is 18.4 Å². The first kappa shape index (κ1) is 14.0. The lowest BCUT2D eigenvalue weighted by atomic mass is 10.1. The van der Waals surface area contributed by atoms with Gasteiger partial charge < -0.3 is 15.0 Å². The molecule has 0 aliphatic carbocycles. The summed E-state index contributed by atoms with van der Waals surface area (Å²) in [6.45, 7) is 0. The zero-order valence-electron chi connectivity index (χ0n) is 11.4. The van der Waals surface area contributed by atoms with Gasteiger partial charge in [-0.1, -0.05) is 12.1 Å². The molecule has 1 aromatic rings. The molecule has 6 heteroatoms. The molecule has 2 rings (SSSR count). The second-order valence-corrected chi connectivity index (χ2v) is 4.56. The monoisotopic (exact) mass is 276 g/mol.